The van der Waals surface area contributed by atoms with Gasteiger partial charge < -0.3 is 5.32 Å². The molecule has 1 rings (SSSR count). The van der Waals surface area contributed by atoms with Crippen LogP contribution in [0.4, 0.5) is 8.78 Å². The molecule has 0 aliphatic carbocycles. The molecule has 0 saturated carbocycles. The Hall–Kier alpha value is -0.320. The lowest BCUT2D eigenvalue weighted by atomic mass is 10.7. The van der Waals surface area contributed by atoms with Crippen LogP contribution in [0, 0.1) is 6.54 Å². The van der Waals surface area contributed by atoms with E-state index in [9.17, 15) is 8.78 Å². The average Bonchev–Trinajstić information content (AvgIpc) is 2.34. The van der Waals surface area contributed by atoms with Crippen LogP contribution in [-0.4, -0.2) is 23.9 Å². The van der Waals surface area contributed by atoms with E-state index in [4.69, 9.17) is 0 Å². The van der Waals surface area contributed by atoms with Gasteiger partial charge in [0.15, 0.2) is 0 Å². The van der Waals surface area contributed by atoms with Crippen molar-refractivity contribution >= 4 is 17.6 Å². The molecule has 2 nitrogen and oxygen atoms in total. The number of amidine groups is 1. The number of aliphatic imine (C=N–C) groups is 1. The van der Waals surface area contributed by atoms with Crippen LogP contribution in [0.2, 0.25) is 0 Å². The van der Waals surface area contributed by atoms with E-state index in [0.717, 1.165) is 0 Å². The number of rotatable bonds is 3. The molecule has 0 bridgehead atoms. The van der Waals surface area contributed by atoms with Crippen molar-refractivity contribution in [2.24, 2.45) is 4.99 Å². The van der Waals surface area contributed by atoms with Crippen LogP contribution in [0.25, 0.3) is 0 Å². The lowest BCUT2D eigenvalue weighted by molar-refractivity contribution is 0.252. The van der Waals surface area contributed by atoms with Gasteiger partial charge >= 0.3 is 0 Å². The summed E-state index contributed by atoms with van der Waals surface area (Å²) in [7, 11) is 0. The van der Waals surface area contributed by atoms with Gasteiger partial charge in [0, 0.05) is 6.54 Å². The van der Waals surface area contributed by atoms with Gasteiger partial charge in [-0.2, -0.15) is 8.78 Å². The van der Waals surface area contributed by atoms with Crippen molar-refractivity contribution in [3.05, 3.63) is 6.54 Å². The third-order valence-corrected chi connectivity index (χ3v) is 1.68. The zero-order chi connectivity index (χ0) is 7.40. The van der Waals surface area contributed by atoms with Crippen LogP contribution in [0.5, 0.6) is 0 Å². The highest BCUT2D eigenvalue weighted by molar-refractivity contribution is 8.00. The molecule has 0 amide bonds. The molecular formula is C5H7F2N2S. The van der Waals surface area contributed by atoms with Gasteiger partial charge in [-0.3, -0.25) is 4.99 Å². The van der Waals surface area contributed by atoms with E-state index in [1.165, 1.54) is 0 Å². The SMILES string of the molecule is FC(F)SCC1=N[CH]CN1. The van der Waals surface area contributed by atoms with Crippen LogP contribution >= 0.6 is 11.8 Å². The van der Waals surface area contributed by atoms with Crippen molar-refractivity contribution in [3.63, 3.8) is 0 Å². The standard InChI is InChI=1S/C5H7F2N2S/c6-5(7)10-3-4-8-1-2-9-4/h1,5H,2-3H2,(H,8,9). The maximum atomic E-state index is 11.6. The molecular weight excluding hydrogens is 158 g/mol. The second-order valence-corrected chi connectivity index (χ2v) is 2.69. The van der Waals surface area contributed by atoms with E-state index < -0.39 is 5.76 Å². The fourth-order valence-corrected chi connectivity index (χ4v) is 1.06. The number of nitrogens with zero attached hydrogens (tertiary/aromatic N) is 1. The highest BCUT2D eigenvalue weighted by atomic mass is 32.2. The van der Waals surface area contributed by atoms with E-state index in [1.807, 2.05) is 0 Å². The molecule has 5 heteroatoms. The third kappa shape index (κ3) is 2.51. The molecule has 0 atom stereocenters. The van der Waals surface area contributed by atoms with Crippen LogP contribution in [0.15, 0.2) is 4.99 Å². The molecule has 1 radical (unpaired) electrons. The summed E-state index contributed by atoms with van der Waals surface area (Å²) in [6.07, 6.45) is 0. The minimum absolute atomic E-state index is 0.272. The highest BCUT2D eigenvalue weighted by Crippen LogP contribution is 2.13. The van der Waals surface area contributed by atoms with Gasteiger partial charge in [0.25, 0.3) is 5.76 Å². The summed E-state index contributed by atoms with van der Waals surface area (Å²) < 4.78 is 23.1. The summed E-state index contributed by atoms with van der Waals surface area (Å²) in [5.74, 6) is -1.39. The maximum Gasteiger partial charge on any atom is 0.284 e. The summed E-state index contributed by atoms with van der Waals surface area (Å²) in [6.45, 7) is 2.33. The molecule has 10 heavy (non-hydrogen) atoms. The Balaban J connectivity index is 2.13. The minimum atomic E-state index is -2.30. The number of nitrogens with one attached hydrogen (secondary N) is 1. The fraction of sp³-hybridized carbons (Fsp3) is 0.600. The first-order valence-corrected chi connectivity index (χ1v) is 3.86. The average molecular weight is 165 g/mol. The van der Waals surface area contributed by atoms with Crippen molar-refractivity contribution in [3.8, 4) is 0 Å². The van der Waals surface area contributed by atoms with E-state index >= 15 is 0 Å². The summed E-state index contributed by atoms with van der Waals surface area (Å²) in [5.41, 5.74) is 0. The first kappa shape index (κ1) is 7.78. The van der Waals surface area contributed by atoms with Crippen molar-refractivity contribution in [1.82, 2.24) is 5.32 Å². The Labute approximate surface area is 62.1 Å². The Morgan fingerprint density at radius 2 is 2.60 bits per heavy atom. The summed E-state index contributed by atoms with van der Waals surface area (Å²) in [6, 6.07) is 0. The van der Waals surface area contributed by atoms with Gasteiger partial charge in [-0.15, -0.1) is 0 Å². The normalized spacial score (nSPS) is 17.3. The number of thioether (sulfide) groups is 1. The van der Waals surface area contributed by atoms with E-state index in [1.54, 1.807) is 6.54 Å². The van der Waals surface area contributed by atoms with Crippen LogP contribution in [-0.2, 0) is 0 Å². The smallest absolute Gasteiger partial charge is 0.284 e. The Morgan fingerprint density at radius 3 is 3.10 bits per heavy atom. The van der Waals surface area contributed by atoms with Crippen molar-refractivity contribution < 1.29 is 8.78 Å². The number of halogens is 2. The Kier molecular flexibility index (Phi) is 2.92. The largest absolute Gasteiger partial charge is 0.371 e. The lowest BCUT2D eigenvalue weighted by Gasteiger charge is -1.99. The highest BCUT2D eigenvalue weighted by Gasteiger charge is 2.08. The van der Waals surface area contributed by atoms with Gasteiger partial charge in [0.1, 0.15) is 5.84 Å². The maximum absolute atomic E-state index is 11.6. The topological polar surface area (TPSA) is 24.4 Å². The Bertz CT molecular complexity index is 138. The minimum Gasteiger partial charge on any atom is -0.371 e. The lowest BCUT2D eigenvalue weighted by Crippen LogP contribution is -2.20. The van der Waals surface area contributed by atoms with Crippen LogP contribution in [0.3, 0.4) is 0 Å². The van der Waals surface area contributed by atoms with Gasteiger partial charge in [0.05, 0.1) is 12.3 Å². The second kappa shape index (κ2) is 3.75. The molecule has 1 aliphatic heterocycles. The molecule has 0 saturated heterocycles. The van der Waals surface area contributed by atoms with Crippen LogP contribution in [0.1, 0.15) is 0 Å². The summed E-state index contributed by atoms with van der Waals surface area (Å²) >= 11 is 0.582. The monoisotopic (exact) mass is 165 g/mol. The van der Waals surface area contributed by atoms with Gasteiger partial charge in [-0.1, -0.05) is 11.8 Å². The fourth-order valence-electron chi connectivity index (χ4n) is 0.595. The molecule has 0 fully saturated rings. The molecule has 0 aromatic heterocycles. The van der Waals surface area contributed by atoms with Gasteiger partial charge in [-0.05, 0) is 0 Å². The van der Waals surface area contributed by atoms with Crippen molar-refractivity contribution in [2.45, 2.75) is 5.76 Å². The zero-order valence-corrected chi connectivity index (χ0v) is 6.00. The predicted molar refractivity (Wildman–Crippen MR) is 38.2 cm³/mol. The first-order chi connectivity index (χ1) is 4.79. The van der Waals surface area contributed by atoms with E-state index in [2.05, 4.69) is 10.3 Å². The molecule has 0 unspecified atom stereocenters. The van der Waals surface area contributed by atoms with Crippen molar-refractivity contribution in [1.29, 1.82) is 0 Å². The zero-order valence-electron chi connectivity index (χ0n) is 5.18. The third-order valence-electron chi connectivity index (χ3n) is 0.991. The van der Waals surface area contributed by atoms with Gasteiger partial charge in [-0.25, -0.2) is 0 Å². The summed E-state index contributed by atoms with van der Waals surface area (Å²) in [5, 5.41) is 2.85. The summed E-state index contributed by atoms with van der Waals surface area (Å²) in [4.78, 5) is 3.83. The van der Waals surface area contributed by atoms with Gasteiger partial charge in [0.2, 0.25) is 0 Å². The molecule has 1 heterocycles. The molecule has 57 valence electrons. The number of alkyl halides is 2. The second-order valence-electron chi connectivity index (χ2n) is 1.71. The molecule has 1 aliphatic rings. The molecule has 0 aromatic rings. The number of hydrogen-bond acceptors (Lipinski definition) is 3. The van der Waals surface area contributed by atoms with Crippen molar-refractivity contribution in [2.75, 3.05) is 12.3 Å². The molecule has 0 aromatic carbocycles. The molecule has 0 spiro atoms. The first-order valence-electron chi connectivity index (χ1n) is 2.81. The number of hydrogen-bond donors (Lipinski definition) is 1. The van der Waals surface area contributed by atoms with Crippen LogP contribution < -0.4 is 5.32 Å². The molecule has 1 N–H and O–H groups in total. The van der Waals surface area contributed by atoms with E-state index in [-0.39, 0.29) is 5.75 Å². The van der Waals surface area contributed by atoms with E-state index in [0.29, 0.717) is 24.1 Å². The quantitative estimate of drug-likeness (QED) is 0.677. The predicted octanol–water partition coefficient (Wildman–Crippen LogP) is 1.11. The Morgan fingerprint density at radius 1 is 1.80 bits per heavy atom.